The standard InChI is InChI=1S/C18H23N5O/c1-18(2,3)16(11-22-9-8-19-13-22)20-17(24)12-23-10-14-6-4-5-7-15(14)21-23/h4-10,13,16H,11-12H2,1-3H3,(H,20,24). The van der Waals surface area contributed by atoms with E-state index in [4.69, 9.17) is 0 Å². The number of hydrogen-bond donors (Lipinski definition) is 1. The number of aromatic nitrogens is 4. The van der Waals surface area contributed by atoms with Gasteiger partial charge < -0.3 is 9.88 Å². The minimum absolute atomic E-state index is 0.00387. The van der Waals surface area contributed by atoms with Crippen LogP contribution in [-0.2, 0) is 17.9 Å². The molecule has 1 unspecified atom stereocenters. The maximum Gasteiger partial charge on any atom is 0.242 e. The van der Waals surface area contributed by atoms with Gasteiger partial charge in [0.25, 0.3) is 0 Å². The van der Waals surface area contributed by atoms with E-state index in [9.17, 15) is 4.79 Å². The Bertz CT molecular complexity index is 780. The zero-order valence-corrected chi connectivity index (χ0v) is 14.3. The van der Waals surface area contributed by atoms with Crippen molar-refractivity contribution in [2.75, 3.05) is 0 Å². The van der Waals surface area contributed by atoms with E-state index >= 15 is 0 Å². The van der Waals surface area contributed by atoms with E-state index in [1.54, 1.807) is 17.2 Å². The number of hydrogen-bond acceptors (Lipinski definition) is 3. The first-order valence-electron chi connectivity index (χ1n) is 8.09. The summed E-state index contributed by atoms with van der Waals surface area (Å²) in [4.78, 5) is 16.5. The summed E-state index contributed by atoms with van der Waals surface area (Å²) < 4.78 is 3.68. The second-order valence-electron chi connectivity index (χ2n) is 7.13. The predicted molar refractivity (Wildman–Crippen MR) is 93.3 cm³/mol. The number of nitrogens with one attached hydrogen (secondary N) is 1. The lowest BCUT2D eigenvalue weighted by molar-refractivity contribution is -0.123. The molecule has 0 aliphatic rings. The number of rotatable bonds is 5. The van der Waals surface area contributed by atoms with Gasteiger partial charge in [0.2, 0.25) is 5.91 Å². The van der Waals surface area contributed by atoms with Crippen LogP contribution in [0.25, 0.3) is 10.9 Å². The molecule has 0 radical (unpaired) electrons. The van der Waals surface area contributed by atoms with Crippen molar-refractivity contribution in [1.29, 1.82) is 0 Å². The minimum atomic E-state index is -0.0608. The van der Waals surface area contributed by atoms with Crippen molar-refractivity contribution in [3.8, 4) is 0 Å². The van der Waals surface area contributed by atoms with Crippen molar-refractivity contribution < 1.29 is 4.79 Å². The molecule has 2 aromatic heterocycles. The molecule has 126 valence electrons. The summed E-state index contributed by atoms with van der Waals surface area (Å²) >= 11 is 0. The van der Waals surface area contributed by atoms with Crippen LogP contribution < -0.4 is 5.32 Å². The predicted octanol–water partition coefficient (Wildman–Crippen LogP) is 2.46. The molecule has 3 aromatic rings. The number of carbonyl (C=O) groups excluding carboxylic acids is 1. The SMILES string of the molecule is CC(C)(C)C(Cn1ccnc1)NC(=O)Cn1cc2ccccc2n1. The summed E-state index contributed by atoms with van der Waals surface area (Å²) in [6.07, 6.45) is 7.32. The summed E-state index contributed by atoms with van der Waals surface area (Å²) in [5.41, 5.74) is 0.838. The van der Waals surface area contributed by atoms with Gasteiger partial charge in [0, 0.05) is 30.5 Å². The quantitative estimate of drug-likeness (QED) is 0.784. The highest BCUT2D eigenvalue weighted by molar-refractivity contribution is 5.79. The van der Waals surface area contributed by atoms with Gasteiger partial charge in [-0.2, -0.15) is 5.10 Å². The first kappa shape index (κ1) is 16.2. The molecule has 1 amide bonds. The zero-order chi connectivity index (χ0) is 17.2. The fraction of sp³-hybridized carbons (Fsp3) is 0.389. The highest BCUT2D eigenvalue weighted by Crippen LogP contribution is 2.21. The van der Waals surface area contributed by atoms with Gasteiger partial charge in [-0.25, -0.2) is 4.98 Å². The van der Waals surface area contributed by atoms with E-state index in [0.717, 1.165) is 10.9 Å². The lowest BCUT2D eigenvalue weighted by Gasteiger charge is -2.31. The monoisotopic (exact) mass is 325 g/mol. The molecule has 6 nitrogen and oxygen atoms in total. The molecule has 0 spiro atoms. The summed E-state index contributed by atoms with van der Waals surface area (Å²) in [7, 11) is 0. The number of benzene rings is 1. The van der Waals surface area contributed by atoms with E-state index in [2.05, 4.69) is 36.2 Å². The molecule has 0 saturated carbocycles. The number of nitrogens with zero attached hydrogens (tertiary/aromatic N) is 4. The van der Waals surface area contributed by atoms with Crippen molar-refractivity contribution in [2.24, 2.45) is 5.41 Å². The van der Waals surface area contributed by atoms with E-state index in [1.165, 1.54) is 0 Å². The molecule has 6 heteroatoms. The fourth-order valence-electron chi connectivity index (χ4n) is 2.63. The average Bonchev–Trinajstić information content (AvgIpc) is 3.13. The molecule has 0 bridgehead atoms. The second kappa shape index (κ2) is 6.47. The fourth-order valence-corrected chi connectivity index (χ4v) is 2.63. The van der Waals surface area contributed by atoms with Crippen molar-refractivity contribution >= 4 is 16.8 Å². The first-order valence-corrected chi connectivity index (χ1v) is 8.09. The Balaban J connectivity index is 1.68. The van der Waals surface area contributed by atoms with Crippen LogP contribution in [0.15, 0.2) is 49.2 Å². The van der Waals surface area contributed by atoms with E-state index < -0.39 is 0 Å². The molecule has 0 aliphatic heterocycles. The van der Waals surface area contributed by atoms with E-state index in [-0.39, 0.29) is 23.9 Å². The smallest absolute Gasteiger partial charge is 0.242 e. The third-order valence-electron chi connectivity index (χ3n) is 4.10. The third-order valence-corrected chi connectivity index (χ3v) is 4.10. The van der Waals surface area contributed by atoms with Gasteiger partial charge in [-0.15, -0.1) is 0 Å². The second-order valence-corrected chi connectivity index (χ2v) is 7.13. The Morgan fingerprint density at radius 3 is 2.75 bits per heavy atom. The summed E-state index contributed by atoms with van der Waals surface area (Å²) in [5.74, 6) is -0.0390. The highest BCUT2D eigenvalue weighted by Gasteiger charge is 2.26. The van der Waals surface area contributed by atoms with Gasteiger partial charge in [0.1, 0.15) is 6.54 Å². The Kier molecular flexibility index (Phi) is 4.38. The Morgan fingerprint density at radius 2 is 2.08 bits per heavy atom. The van der Waals surface area contributed by atoms with Crippen LogP contribution in [0.5, 0.6) is 0 Å². The lowest BCUT2D eigenvalue weighted by atomic mass is 9.86. The van der Waals surface area contributed by atoms with Gasteiger partial charge in [-0.1, -0.05) is 39.0 Å². The molecule has 1 atom stereocenters. The molecule has 24 heavy (non-hydrogen) atoms. The van der Waals surface area contributed by atoms with E-state index in [1.807, 2.05) is 41.2 Å². The molecular formula is C18H23N5O. The van der Waals surface area contributed by atoms with Gasteiger partial charge in [-0.05, 0) is 11.5 Å². The minimum Gasteiger partial charge on any atom is -0.349 e. The van der Waals surface area contributed by atoms with Crippen LogP contribution in [0.3, 0.4) is 0 Å². The normalized spacial score (nSPS) is 13.1. The topological polar surface area (TPSA) is 64.7 Å². The van der Waals surface area contributed by atoms with Gasteiger partial charge in [0.15, 0.2) is 0 Å². The third kappa shape index (κ3) is 3.82. The Labute approximate surface area is 141 Å². The van der Waals surface area contributed by atoms with Gasteiger partial charge >= 0.3 is 0 Å². The molecular weight excluding hydrogens is 302 g/mol. The van der Waals surface area contributed by atoms with Crippen molar-refractivity contribution in [2.45, 2.75) is 39.9 Å². The molecule has 0 aliphatic carbocycles. The largest absolute Gasteiger partial charge is 0.349 e. The maximum atomic E-state index is 12.5. The van der Waals surface area contributed by atoms with Crippen LogP contribution >= 0.6 is 0 Å². The molecule has 0 saturated heterocycles. The van der Waals surface area contributed by atoms with Crippen LogP contribution in [0.4, 0.5) is 0 Å². The molecule has 1 N–H and O–H groups in total. The molecule has 1 aromatic carbocycles. The number of imidazole rings is 1. The lowest BCUT2D eigenvalue weighted by Crippen LogP contribution is -2.47. The van der Waals surface area contributed by atoms with E-state index in [0.29, 0.717) is 6.54 Å². The van der Waals surface area contributed by atoms with Crippen molar-refractivity contribution in [3.05, 3.63) is 49.2 Å². The van der Waals surface area contributed by atoms with Crippen LogP contribution in [0, 0.1) is 5.41 Å². The first-order chi connectivity index (χ1) is 11.4. The van der Waals surface area contributed by atoms with Crippen LogP contribution in [-0.4, -0.2) is 31.3 Å². The number of carbonyl (C=O) groups is 1. The average molecular weight is 325 g/mol. The Hall–Kier alpha value is -2.63. The molecule has 3 rings (SSSR count). The molecule has 0 fully saturated rings. The zero-order valence-electron chi connectivity index (χ0n) is 14.3. The molecule has 2 heterocycles. The van der Waals surface area contributed by atoms with Gasteiger partial charge in [-0.3, -0.25) is 9.48 Å². The van der Waals surface area contributed by atoms with Crippen molar-refractivity contribution in [3.63, 3.8) is 0 Å². The van der Waals surface area contributed by atoms with Gasteiger partial charge in [0.05, 0.1) is 17.9 Å². The van der Waals surface area contributed by atoms with Crippen LogP contribution in [0.2, 0.25) is 0 Å². The summed E-state index contributed by atoms with van der Waals surface area (Å²) in [6.45, 7) is 7.27. The highest BCUT2D eigenvalue weighted by atomic mass is 16.2. The number of fused-ring (bicyclic) bond motifs is 1. The Morgan fingerprint density at radius 1 is 1.29 bits per heavy atom. The van der Waals surface area contributed by atoms with Crippen LogP contribution in [0.1, 0.15) is 20.8 Å². The van der Waals surface area contributed by atoms with Crippen molar-refractivity contribution in [1.82, 2.24) is 24.6 Å². The maximum absolute atomic E-state index is 12.5. The summed E-state index contributed by atoms with van der Waals surface area (Å²) in [6, 6.07) is 7.86. The summed E-state index contributed by atoms with van der Waals surface area (Å²) in [5, 5.41) is 8.62. The number of amides is 1.